The van der Waals surface area contributed by atoms with Crippen molar-refractivity contribution in [3.05, 3.63) is 40.9 Å². The van der Waals surface area contributed by atoms with E-state index < -0.39 is 0 Å². The molecule has 0 saturated carbocycles. The summed E-state index contributed by atoms with van der Waals surface area (Å²) in [5, 5.41) is 1.49. The first kappa shape index (κ1) is 12.9. The summed E-state index contributed by atoms with van der Waals surface area (Å²) < 4.78 is 0. The number of benzene rings is 1. The normalized spacial score (nSPS) is 10.3. The van der Waals surface area contributed by atoms with Crippen LogP contribution in [0.25, 0.3) is 0 Å². The third kappa shape index (κ3) is 3.25. The van der Waals surface area contributed by atoms with E-state index in [0.717, 1.165) is 15.6 Å². The smallest absolute Gasteiger partial charge is 0.223 e. The van der Waals surface area contributed by atoms with Crippen LogP contribution in [-0.2, 0) is 5.75 Å². The molecule has 0 fully saturated rings. The first-order valence-corrected chi connectivity index (χ1v) is 6.53. The van der Waals surface area contributed by atoms with Crippen LogP contribution in [0, 0.1) is 0 Å². The van der Waals surface area contributed by atoms with Crippen LogP contribution >= 0.6 is 23.4 Å². The largest absolute Gasteiger partial charge is 0.368 e. The van der Waals surface area contributed by atoms with E-state index >= 15 is 0 Å². The van der Waals surface area contributed by atoms with Crippen LogP contribution in [-0.4, -0.2) is 9.97 Å². The number of aromatic nitrogens is 2. The van der Waals surface area contributed by atoms with Gasteiger partial charge in [-0.2, -0.15) is 4.98 Å². The Balaban J connectivity index is 2.11. The molecular formula is C11H12ClN5S. The molecule has 0 unspecified atom stereocenters. The lowest BCUT2D eigenvalue weighted by atomic mass is 10.2. The van der Waals surface area contributed by atoms with E-state index in [-0.39, 0.29) is 5.95 Å². The molecule has 0 aliphatic carbocycles. The topological polar surface area (TPSA) is 89.8 Å². The van der Waals surface area contributed by atoms with Crippen molar-refractivity contribution in [3.8, 4) is 0 Å². The first-order chi connectivity index (χ1) is 8.69. The molecule has 0 aliphatic rings. The summed E-state index contributed by atoms with van der Waals surface area (Å²) in [6.07, 6.45) is 0. The van der Waals surface area contributed by atoms with Gasteiger partial charge < -0.3 is 11.2 Å². The second-order valence-corrected chi connectivity index (χ2v) is 4.88. The van der Waals surface area contributed by atoms with Crippen LogP contribution in [0.2, 0.25) is 5.02 Å². The zero-order valence-corrected chi connectivity index (χ0v) is 11.0. The summed E-state index contributed by atoms with van der Waals surface area (Å²) in [5.41, 5.74) is 9.07. The molecule has 0 radical (unpaired) electrons. The fourth-order valence-corrected chi connectivity index (χ4v) is 2.55. The Bertz CT molecular complexity index is 549. The zero-order valence-electron chi connectivity index (χ0n) is 9.43. The lowest BCUT2D eigenvalue weighted by Crippen LogP contribution is -2.10. The zero-order chi connectivity index (χ0) is 13.0. The van der Waals surface area contributed by atoms with Crippen molar-refractivity contribution < 1.29 is 0 Å². The van der Waals surface area contributed by atoms with Gasteiger partial charge in [0.2, 0.25) is 5.95 Å². The number of halogens is 1. The van der Waals surface area contributed by atoms with Gasteiger partial charge in [-0.05, 0) is 11.6 Å². The van der Waals surface area contributed by atoms with Gasteiger partial charge in [0.15, 0.2) is 0 Å². The van der Waals surface area contributed by atoms with E-state index in [1.807, 2.05) is 24.3 Å². The second kappa shape index (κ2) is 5.90. The number of thioether (sulfide) groups is 1. The molecular weight excluding hydrogens is 270 g/mol. The van der Waals surface area contributed by atoms with Crippen molar-refractivity contribution in [2.75, 3.05) is 11.2 Å². The Hall–Kier alpha value is -1.50. The quantitative estimate of drug-likeness (QED) is 0.345. The van der Waals surface area contributed by atoms with Crippen LogP contribution < -0.4 is 17.0 Å². The number of nitrogens with zero attached hydrogens (tertiary/aromatic N) is 2. The van der Waals surface area contributed by atoms with E-state index in [1.54, 1.807) is 6.07 Å². The molecule has 1 aromatic carbocycles. The minimum atomic E-state index is 0.187. The molecule has 0 atom stereocenters. The van der Waals surface area contributed by atoms with Gasteiger partial charge in [0, 0.05) is 16.8 Å². The summed E-state index contributed by atoms with van der Waals surface area (Å²) in [7, 11) is 0. The highest BCUT2D eigenvalue weighted by molar-refractivity contribution is 7.98. The second-order valence-electron chi connectivity index (χ2n) is 3.47. The predicted molar refractivity (Wildman–Crippen MR) is 75.3 cm³/mol. The summed E-state index contributed by atoms with van der Waals surface area (Å²) in [4.78, 5) is 8.03. The van der Waals surface area contributed by atoms with Gasteiger partial charge in [-0.1, -0.05) is 29.8 Å². The molecule has 2 rings (SSSR count). The average molecular weight is 282 g/mol. The van der Waals surface area contributed by atoms with Gasteiger partial charge in [0.1, 0.15) is 10.8 Å². The molecule has 0 bridgehead atoms. The molecule has 1 heterocycles. The maximum absolute atomic E-state index is 6.08. The van der Waals surface area contributed by atoms with Gasteiger partial charge >= 0.3 is 0 Å². The molecule has 0 saturated heterocycles. The van der Waals surface area contributed by atoms with Crippen molar-refractivity contribution in [2.45, 2.75) is 10.8 Å². The maximum atomic E-state index is 6.08. The molecule has 0 amide bonds. The van der Waals surface area contributed by atoms with Gasteiger partial charge in [-0.15, -0.1) is 11.8 Å². The summed E-state index contributed by atoms with van der Waals surface area (Å²) >= 11 is 7.60. The average Bonchev–Trinajstić information content (AvgIpc) is 2.37. The number of hydrogen-bond acceptors (Lipinski definition) is 6. The fraction of sp³-hybridized carbons (Fsp3) is 0.0909. The molecule has 1 aromatic heterocycles. The SMILES string of the molecule is NNc1cc(SCc2ccccc2Cl)nc(N)n1. The lowest BCUT2D eigenvalue weighted by molar-refractivity contribution is 1.05. The Morgan fingerprint density at radius 2 is 2.06 bits per heavy atom. The molecule has 18 heavy (non-hydrogen) atoms. The van der Waals surface area contributed by atoms with E-state index in [4.69, 9.17) is 23.2 Å². The number of nitrogen functional groups attached to an aromatic ring is 2. The Kier molecular flexibility index (Phi) is 4.24. The van der Waals surface area contributed by atoms with Gasteiger partial charge in [-0.3, -0.25) is 0 Å². The number of hydrogen-bond donors (Lipinski definition) is 3. The van der Waals surface area contributed by atoms with E-state index in [9.17, 15) is 0 Å². The number of anilines is 2. The predicted octanol–water partition coefficient (Wildman–Crippen LogP) is 2.29. The van der Waals surface area contributed by atoms with Crippen LogP contribution in [0.15, 0.2) is 35.4 Å². The minimum absolute atomic E-state index is 0.187. The van der Waals surface area contributed by atoms with Crippen molar-refractivity contribution in [1.29, 1.82) is 0 Å². The summed E-state index contributed by atoms with van der Waals surface area (Å²) in [6, 6.07) is 9.41. The molecule has 7 heteroatoms. The summed E-state index contributed by atoms with van der Waals surface area (Å²) in [6.45, 7) is 0. The van der Waals surface area contributed by atoms with Crippen molar-refractivity contribution >= 4 is 35.1 Å². The molecule has 94 valence electrons. The van der Waals surface area contributed by atoms with E-state index in [0.29, 0.717) is 11.6 Å². The molecule has 0 aliphatic heterocycles. The lowest BCUT2D eigenvalue weighted by Gasteiger charge is -2.06. The number of nitrogens with two attached hydrogens (primary N) is 2. The molecule has 0 spiro atoms. The standard InChI is InChI=1S/C11H12ClN5S/c12-8-4-2-1-3-7(8)6-18-10-5-9(17-14)15-11(13)16-10/h1-5H,6,14H2,(H3,13,15,16,17). The highest BCUT2D eigenvalue weighted by Gasteiger charge is 2.04. The Labute approximate surface area is 114 Å². The minimum Gasteiger partial charge on any atom is -0.368 e. The van der Waals surface area contributed by atoms with Crippen LogP contribution in [0.1, 0.15) is 5.56 Å². The highest BCUT2D eigenvalue weighted by Crippen LogP contribution is 2.26. The molecule has 2 aromatic rings. The number of rotatable bonds is 4. The van der Waals surface area contributed by atoms with E-state index in [2.05, 4.69) is 15.4 Å². The molecule has 5 N–H and O–H groups in total. The number of nitrogens with one attached hydrogen (secondary N) is 1. The highest BCUT2D eigenvalue weighted by atomic mass is 35.5. The van der Waals surface area contributed by atoms with Gasteiger partial charge in [0.25, 0.3) is 0 Å². The number of hydrazine groups is 1. The Morgan fingerprint density at radius 1 is 1.28 bits per heavy atom. The fourth-order valence-electron chi connectivity index (χ4n) is 1.36. The van der Waals surface area contributed by atoms with Gasteiger partial charge in [0.05, 0.1) is 0 Å². The Morgan fingerprint density at radius 3 is 2.78 bits per heavy atom. The molecule has 5 nitrogen and oxygen atoms in total. The third-order valence-corrected chi connectivity index (χ3v) is 3.53. The maximum Gasteiger partial charge on any atom is 0.223 e. The van der Waals surface area contributed by atoms with Crippen LogP contribution in [0.5, 0.6) is 0 Å². The first-order valence-electron chi connectivity index (χ1n) is 5.16. The van der Waals surface area contributed by atoms with Crippen LogP contribution in [0.3, 0.4) is 0 Å². The van der Waals surface area contributed by atoms with E-state index in [1.165, 1.54) is 11.8 Å². The monoisotopic (exact) mass is 281 g/mol. The van der Waals surface area contributed by atoms with Crippen LogP contribution in [0.4, 0.5) is 11.8 Å². The summed E-state index contributed by atoms with van der Waals surface area (Å²) in [5.74, 6) is 6.68. The van der Waals surface area contributed by atoms with Crippen molar-refractivity contribution in [1.82, 2.24) is 9.97 Å². The van der Waals surface area contributed by atoms with Gasteiger partial charge in [-0.25, -0.2) is 10.8 Å². The third-order valence-electron chi connectivity index (χ3n) is 2.20. The van der Waals surface area contributed by atoms with Crippen molar-refractivity contribution in [3.63, 3.8) is 0 Å². The van der Waals surface area contributed by atoms with Crippen molar-refractivity contribution in [2.24, 2.45) is 5.84 Å².